The Morgan fingerprint density at radius 1 is 0.600 bits per heavy atom. The van der Waals surface area contributed by atoms with Gasteiger partial charge in [-0.25, -0.2) is 9.59 Å². The zero-order valence-corrected chi connectivity index (χ0v) is 19.8. The molecular weight excluding hydrogens is 587 g/mol. The molecule has 182 valence electrons. The van der Waals surface area contributed by atoms with Crippen molar-refractivity contribution < 1.29 is 68.8 Å². The monoisotopic (exact) mass is 621 g/mol. The van der Waals surface area contributed by atoms with Gasteiger partial charge in [0.05, 0.1) is 52.9 Å². The van der Waals surface area contributed by atoms with Gasteiger partial charge in [0, 0.05) is 48.5 Å². The van der Waals surface area contributed by atoms with Crippen molar-refractivity contribution in [1.82, 2.24) is 0 Å². The van der Waals surface area contributed by atoms with E-state index in [2.05, 4.69) is 9.68 Å². The Hall–Kier alpha value is -0.692. The number of nitrogens with two attached hydrogens (primary N) is 2. The second-order valence-electron chi connectivity index (χ2n) is 5.83. The molecule has 0 aromatic heterocycles. The van der Waals surface area contributed by atoms with Gasteiger partial charge in [-0.1, -0.05) is 0 Å². The van der Waals surface area contributed by atoms with Gasteiger partial charge >= 0.3 is 11.9 Å². The molecular formula is C17H34N2O10Pt. The topological polar surface area (TPSA) is 160 Å². The van der Waals surface area contributed by atoms with Crippen LogP contribution in [0, 0.1) is 5.41 Å². The Morgan fingerprint density at radius 3 is 1.20 bits per heavy atom. The predicted molar refractivity (Wildman–Crippen MR) is 99.3 cm³/mol. The van der Waals surface area contributed by atoms with Gasteiger partial charge in [-0.3, -0.25) is 0 Å². The van der Waals surface area contributed by atoms with E-state index >= 15 is 0 Å². The summed E-state index contributed by atoms with van der Waals surface area (Å²) in [5.41, 5.74) is -1.74. The molecule has 0 saturated carbocycles. The van der Waals surface area contributed by atoms with E-state index in [1.165, 1.54) is 0 Å². The van der Waals surface area contributed by atoms with Crippen molar-refractivity contribution in [3.63, 3.8) is 0 Å². The molecule has 0 fully saturated rings. The minimum absolute atomic E-state index is 0. The Balaban J connectivity index is 0. The maximum Gasteiger partial charge on any atom is 0.342 e. The third-order valence-corrected chi connectivity index (χ3v) is 3.95. The van der Waals surface area contributed by atoms with Gasteiger partial charge in [0.15, 0.2) is 5.41 Å². The third kappa shape index (κ3) is 13.6. The Labute approximate surface area is 191 Å². The van der Waals surface area contributed by atoms with Crippen LogP contribution in [0.2, 0.25) is 0 Å². The Kier molecular flexibility index (Phi) is 22.6. The molecule has 0 aliphatic rings. The number of hydrogen-bond donors (Lipinski definition) is 2. The number of methoxy groups -OCH3 is 2. The average Bonchev–Trinajstić information content (AvgIpc) is 2.74. The first-order valence-corrected chi connectivity index (χ1v) is 9.20. The molecule has 0 rings (SSSR count). The van der Waals surface area contributed by atoms with Crippen LogP contribution in [0.1, 0.15) is 12.8 Å². The van der Waals surface area contributed by atoms with E-state index in [4.69, 9.17) is 40.2 Å². The van der Waals surface area contributed by atoms with Crippen LogP contribution in [0.15, 0.2) is 0 Å². The molecule has 0 radical (unpaired) electrons. The maximum atomic E-state index is 12.2. The summed E-state index contributed by atoms with van der Waals surface area (Å²) in [5, 5.41) is 0. The molecule has 0 atom stereocenters. The molecule has 0 heterocycles. The van der Waals surface area contributed by atoms with Gasteiger partial charge in [-0.05, 0) is 12.8 Å². The van der Waals surface area contributed by atoms with E-state index in [-0.39, 0.29) is 60.3 Å². The van der Waals surface area contributed by atoms with Crippen LogP contribution in [-0.2, 0) is 68.8 Å². The van der Waals surface area contributed by atoms with E-state index in [0.717, 1.165) is 0 Å². The first-order valence-electron chi connectivity index (χ1n) is 9.20. The Bertz CT molecular complexity index is 393. The van der Waals surface area contributed by atoms with Crippen molar-refractivity contribution in [3.8, 4) is 0 Å². The molecule has 0 unspecified atom stereocenters. The minimum Gasteiger partial charge on any atom is -0.382 e. The van der Waals surface area contributed by atoms with Gasteiger partial charge in [0.1, 0.15) is 0 Å². The van der Waals surface area contributed by atoms with Crippen molar-refractivity contribution in [2.24, 2.45) is 17.2 Å². The predicted octanol–water partition coefficient (Wildman–Crippen LogP) is -1.06. The molecule has 0 aromatic carbocycles. The van der Waals surface area contributed by atoms with E-state index in [1.807, 2.05) is 0 Å². The number of hydrogen-bond acceptors (Lipinski definition) is 12. The molecule has 0 bridgehead atoms. The second kappa shape index (κ2) is 21.5. The minimum atomic E-state index is -1.74. The zero-order valence-electron chi connectivity index (χ0n) is 17.5. The fourth-order valence-electron chi connectivity index (χ4n) is 2.26. The zero-order chi connectivity index (χ0) is 21.8. The number of carbonyl (C=O) groups excluding carboxylic acids is 2. The molecule has 4 N–H and O–H groups in total. The summed E-state index contributed by atoms with van der Waals surface area (Å²) in [6.07, 6.45) is -0.102. The molecule has 13 heteroatoms. The SMILES string of the molecule is COCCOCCOCCC(CCOCCOCCOC)(C(=O)ON)C(=O)ON.[Pt]. The fourth-order valence-corrected chi connectivity index (χ4v) is 2.26. The summed E-state index contributed by atoms with van der Waals surface area (Å²) in [7, 11) is 3.15. The van der Waals surface area contributed by atoms with Crippen LogP contribution in [0.5, 0.6) is 0 Å². The molecule has 30 heavy (non-hydrogen) atoms. The molecule has 0 spiro atoms. The second-order valence-corrected chi connectivity index (χ2v) is 5.83. The van der Waals surface area contributed by atoms with Crippen LogP contribution in [0.4, 0.5) is 0 Å². The van der Waals surface area contributed by atoms with Gasteiger partial charge in [-0.2, -0.15) is 11.8 Å². The summed E-state index contributed by atoms with van der Waals surface area (Å²) < 4.78 is 31.0. The smallest absolute Gasteiger partial charge is 0.342 e. The summed E-state index contributed by atoms with van der Waals surface area (Å²) in [5.74, 6) is 8.05. The summed E-state index contributed by atoms with van der Waals surface area (Å²) in [6.45, 7) is 3.16. The van der Waals surface area contributed by atoms with E-state index < -0.39 is 17.4 Å². The third-order valence-electron chi connectivity index (χ3n) is 3.95. The van der Waals surface area contributed by atoms with Crippen molar-refractivity contribution in [2.75, 3.05) is 80.3 Å². The van der Waals surface area contributed by atoms with Crippen LogP contribution >= 0.6 is 0 Å². The Morgan fingerprint density at radius 2 is 0.900 bits per heavy atom. The van der Waals surface area contributed by atoms with Crippen LogP contribution in [-0.4, -0.2) is 92.2 Å². The standard InChI is InChI=1S/C17H34N2O10.Pt/c1-22-7-9-26-13-11-24-5-3-17(15(20)28-18,16(21)29-19)4-6-25-12-14-27-10-8-23-2;/h3-14,18-19H2,1-2H3;. The summed E-state index contributed by atoms with van der Waals surface area (Å²) >= 11 is 0. The van der Waals surface area contributed by atoms with E-state index in [1.54, 1.807) is 14.2 Å². The quantitative estimate of drug-likeness (QED) is 0.0966. The van der Waals surface area contributed by atoms with E-state index in [0.29, 0.717) is 39.6 Å². The maximum absolute atomic E-state index is 12.2. The van der Waals surface area contributed by atoms with Gasteiger partial charge in [0.2, 0.25) is 0 Å². The summed E-state index contributed by atoms with van der Waals surface area (Å²) in [6, 6.07) is 0. The van der Waals surface area contributed by atoms with Gasteiger partial charge in [0.25, 0.3) is 0 Å². The van der Waals surface area contributed by atoms with Crippen molar-refractivity contribution >= 4 is 11.9 Å². The molecule has 0 amide bonds. The molecule has 0 aliphatic heterocycles. The molecule has 0 aromatic rings. The molecule has 12 nitrogen and oxygen atoms in total. The van der Waals surface area contributed by atoms with Crippen LogP contribution < -0.4 is 11.8 Å². The molecule has 0 aliphatic carbocycles. The summed E-state index contributed by atoms with van der Waals surface area (Å²) in [4.78, 5) is 33.0. The number of carbonyl (C=O) groups is 2. The van der Waals surface area contributed by atoms with Crippen molar-refractivity contribution in [3.05, 3.63) is 0 Å². The van der Waals surface area contributed by atoms with Crippen molar-refractivity contribution in [2.45, 2.75) is 12.8 Å². The first-order chi connectivity index (χ1) is 14.1. The number of ether oxygens (including phenoxy) is 6. The normalized spacial score (nSPS) is 11.1. The van der Waals surface area contributed by atoms with Crippen LogP contribution in [0.25, 0.3) is 0 Å². The van der Waals surface area contributed by atoms with Gasteiger partial charge in [-0.15, -0.1) is 0 Å². The largest absolute Gasteiger partial charge is 0.382 e. The molecule has 0 saturated heterocycles. The van der Waals surface area contributed by atoms with E-state index in [9.17, 15) is 9.59 Å². The average molecular weight is 622 g/mol. The fraction of sp³-hybridized carbons (Fsp3) is 0.882. The first kappa shape index (κ1) is 31.5. The van der Waals surface area contributed by atoms with Crippen LogP contribution in [0.3, 0.4) is 0 Å². The number of rotatable bonds is 20. The van der Waals surface area contributed by atoms with Gasteiger partial charge < -0.3 is 38.1 Å². The van der Waals surface area contributed by atoms with Crippen molar-refractivity contribution in [1.29, 1.82) is 0 Å².